The SMILES string of the molecule is Oc1cn(C2CCCCO2)nc1C1CCOCC1. The maximum Gasteiger partial charge on any atom is 0.157 e. The molecule has 0 spiro atoms. The van der Waals surface area contributed by atoms with Gasteiger partial charge in [-0.25, -0.2) is 4.68 Å². The molecule has 0 radical (unpaired) electrons. The Bertz CT molecular complexity index is 393. The highest BCUT2D eigenvalue weighted by Gasteiger charge is 2.25. The van der Waals surface area contributed by atoms with Crippen LogP contribution < -0.4 is 0 Å². The molecule has 1 N–H and O–H groups in total. The first-order valence-electron chi connectivity index (χ1n) is 6.82. The van der Waals surface area contributed by atoms with Crippen LogP contribution in [0.3, 0.4) is 0 Å². The smallest absolute Gasteiger partial charge is 0.157 e. The Morgan fingerprint density at radius 1 is 1.17 bits per heavy atom. The van der Waals surface area contributed by atoms with Gasteiger partial charge in [0.25, 0.3) is 0 Å². The summed E-state index contributed by atoms with van der Waals surface area (Å²) in [6, 6.07) is 0. The van der Waals surface area contributed by atoms with Crippen LogP contribution >= 0.6 is 0 Å². The van der Waals surface area contributed by atoms with Gasteiger partial charge in [-0.1, -0.05) is 0 Å². The molecule has 2 aliphatic rings. The lowest BCUT2D eigenvalue weighted by Gasteiger charge is -2.23. The number of aromatic nitrogens is 2. The monoisotopic (exact) mass is 252 g/mol. The van der Waals surface area contributed by atoms with Crippen LogP contribution in [0.15, 0.2) is 6.20 Å². The van der Waals surface area contributed by atoms with Crippen molar-refractivity contribution >= 4 is 0 Å². The maximum absolute atomic E-state index is 10.0. The summed E-state index contributed by atoms with van der Waals surface area (Å²) in [7, 11) is 0. The molecule has 1 atom stereocenters. The van der Waals surface area contributed by atoms with E-state index in [4.69, 9.17) is 9.47 Å². The third kappa shape index (κ3) is 2.37. The zero-order valence-electron chi connectivity index (χ0n) is 10.5. The van der Waals surface area contributed by atoms with E-state index >= 15 is 0 Å². The van der Waals surface area contributed by atoms with E-state index in [1.165, 1.54) is 0 Å². The first-order valence-corrected chi connectivity index (χ1v) is 6.82. The van der Waals surface area contributed by atoms with Crippen molar-refractivity contribution in [3.8, 4) is 5.75 Å². The summed E-state index contributed by atoms with van der Waals surface area (Å²) >= 11 is 0. The van der Waals surface area contributed by atoms with E-state index < -0.39 is 0 Å². The van der Waals surface area contributed by atoms with E-state index in [1.807, 2.05) is 0 Å². The zero-order valence-corrected chi connectivity index (χ0v) is 10.5. The van der Waals surface area contributed by atoms with Crippen molar-refractivity contribution in [1.82, 2.24) is 9.78 Å². The van der Waals surface area contributed by atoms with Gasteiger partial charge in [0.15, 0.2) is 5.75 Å². The molecule has 2 fully saturated rings. The van der Waals surface area contributed by atoms with Crippen LogP contribution in [0.2, 0.25) is 0 Å². The summed E-state index contributed by atoms with van der Waals surface area (Å²) in [5.74, 6) is 0.625. The second-order valence-electron chi connectivity index (χ2n) is 5.09. The molecule has 0 amide bonds. The highest BCUT2D eigenvalue weighted by atomic mass is 16.5. The molecule has 0 aliphatic carbocycles. The van der Waals surface area contributed by atoms with Crippen LogP contribution in [-0.4, -0.2) is 34.7 Å². The second-order valence-corrected chi connectivity index (χ2v) is 5.09. The summed E-state index contributed by atoms with van der Waals surface area (Å²) < 4.78 is 12.8. The molecule has 1 aromatic rings. The van der Waals surface area contributed by atoms with Crippen LogP contribution in [-0.2, 0) is 9.47 Å². The van der Waals surface area contributed by atoms with E-state index in [-0.39, 0.29) is 6.23 Å². The standard InChI is InChI=1S/C13H20N2O3/c16-11-9-15(12-3-1-2-6-18-12)14-13(11)10-4-7-17-8-5-10/h9-10,12,16H,1-8H2. The fourth-order valence-electron chi connectivity index (χ4n) is 2.74. The minimum atomic E-state index is -0.00163. The van der Waals surface area contributed by atoms with E-state index in [2.05, 4.69) is 5.10 Å². The minimum Gasteiger partial charge on any atom is -0.504 e. The van der Waals surface area contributed by atoms with Gasteiger partial charge in [0.2, 0.25) is 0 Å². The first kappa shape index (κ1) is 12.0. The predicted molar refractivity (Wildman–Crippen MR) is 65.5 cm³/mol. The van der Waals surface area contributed by atoms with Gasteiger partial charge < -0.3 is 14.6 Å². The number of hydrogen-bond donors (Lipinski definition) is 1. The van der Waals surface area contributed by atoms with Crippen LogP contribution in [0, 0.1) is 0 Å². The highest BCUT2D eigenvalue weighted by Crippen LogP contribution is 2.33. The van der Waals surface area contributed by atoms with Crippen molar-refractivity contribution in [2.75, 3.05) is 19.8 Å². The van der Waals surface area contributed by atoms with Crippen molar-refractivity contribution in [1.29, 1.82) is 0 Å². The van der Waals surface area contributed by atoms with Gasteiger partial charge in [0.1, 0.15) is 11.9 Å². The molecule has 2 saturated heterocycles. The third-order valence-electron chi connectivity index (χ3n) is 3.80. The van der Waals surface area contributed by atoms with Crippen LogP contribution in [0.25, 0.3) is 0 Å². The Morgan fingerprint density at radius 2 is 2.00 bits per heavy atom. The molecular formula is C13H20N2O3. The molecule has 100 valence electrons. The van der Waals surface area contributed by atoms with Crippen molar-refractivity contribution in [2.24, 2.45) is 0 Å². The normalized spacial score (nSPS) is 26.3. The molecule has 1 unspecified atom stereocenters. The van der Waals surface area contributed by atoms with Crippen molar-refractivity contribution in [3.63, 3.8) is 0 Å². The second kappa shape index (κ2) is 5.28. The number of aromatic hydroxyl groups is 1. The summed E-state index contributed by atoms with van der Waals surface area (Å²) in [6.45, 7) is 2.31. The van der Waals surface area contributed by atoms with Gasteiger partial charge >= 0.3 is 0 Å². The van der Waals surface area contributed by atoms with Crippen molar-refractivity contribution in [3.05, 3.63) is 11.9 Å². The molecule has 1 aromatic heterocycles. The van der Waals surface area contributed by atoms with Gasteiger partial charge in [-0.3, -0.25) is 0 Å². The minimum absolute atomic E-state index is 0.00163. The summed E-state index contributed by atoms with van der Waals surface area (Å²) in [5.41, 5.74) is 0.812. The van der Waals surface area contributed by atoms with Crippen LogP contribution in [0.5, 0.6) is 5.75 Å². The average Bonchev–Trinajstić information content (AvgIpc) is 2.83. The largest absolute Gasteiger partial charge is 0.504 e. The summed E-state index contributed by atoms with van der Waals surface area (Å²) in [6.07, 6.45) is 6.86. The highest BCUT2D eigenvalue weighted by molar-refractivity contribution is 5.26. The molecule has 18 heavy (non-hydrogen) atoms. The van der Waals surface area contributed by atoms with Gasteiger partial charge in [-0.15, -0.1) is 0 Å². The van der Waals surface area contributed by atoms with Crippen molar-refractivity contribution < 1.29 is 14.6 Å². The summed E-state index contributed by atoms with van der Waals surface area (Å²) in [4.78, 5) is 0. The molecule has 3 heterocycles. The summed E-state index contributed by atoms with van der Waals surface area (Å²) in [5, 5.41) is 14.6. The number of nitrogens with zero attached hydrogens (tertiary/aromatic N) is 2. The van der Waals surface area contributed by atoms with Gasteiger partial charge in [0, 0.05) is 25.7 Å². The van der Waals surface area contributed by atoms with E-state index in [0.29, 0.717) is 11.7 Å². The molecule has 5 nitrogen and oxygen atoms in total. The lowest BCUT2D eigenvalue weighted by atomic mass is 9.96. The fourth-order valence-corrected chi connectivity index (χ4v) is 2.74. The molecular weight excluding hydrogens is 232 g/mol. The van der Waals surface area contributed by atoms with E-state index in [1.54, 1.807) is 10.9 Å². The van der Waals surface area contributed by atoms with E-state index in [9.17, 15) is 5.11 Å². The van der Waals surface area contributed by atoms with Gasteiger partial charge in [0.05, 0.1) is 6.20 Å². The molecule has 0 bridgehead atoms. The topological polar surface area (TPSA) is 56.5 Å². The lowest BCUT2D eigenvalue weighted by molar-refractivity contribution is -0.0399. The Hall–Kier alpha value is -1.07. The Morgan fingerprint density at radius 3 is 2.72 bits per heavy atom. The number of rotatable bonds is 2. The van der Waals surface area contributed by atoms with Gasteiger partial charge in [-0.05, 0) is 32.1 Å². The van der Waals surface area contributed by atoms with Crippen molar-refractivity contribution in [2.45, 2.75) is 44.2 Å². The average molecular weight is 252 g/mol. The molecule has 5 heteroatoms. The maximum atomic E-state index is 10.0. The van der Waals surface area contributed by atoms with Gasteiger partial charge in [-0.2, -0.15) is 5.10 Å². The van der Waals surface area contributed by atoms with Crippen LogP contribution in [0.4, 0.5) is 0 Å². The Labute approximate surface area is 107 Å². The molecule has 3 rings (SSSR count). The quantitative estimate of drug-likeness (QED) is 0.876. The van der Waals surface area contributed by atoms with Crippen LogP contribution in [0.1, 0.15) is 49.9 Å². The number of ether oxygens (including phenoxy) is 2. The van der Waals surface area contributed by atoms with E-state index in [0.717, 1.165) is 57.6 Å². The Balaban J connectivity index is 1.76. The molecule has 2 aliphatic heterocycles. The molecule has 0 aromatic carbocycles. The Kier molecular flexibility index (Phi) is 3.52. The first-order chi connectivity index (χ1) is 8.84. The lowest BCUT2D eigenvalue weighted by Crippen LogP contribution is -2.19. The third-order valence-corrected chi connectivity index (χ3v) is 3.80. The zero-order chi connectivity index (χ0) is 12.4. The molecule has 0 saturated carbocycles. The number of hydrogen-bond acceptors (Lipinski definition) is 4. The fraction of sp³-hybridized carbons (Fsp3) is 0.769. The predicted octanol–water partition coefficient (Wildman–Crippen LogP) is 2.18.